The first-order valence-corrected chi connectivity index (χ1v) is 5.75. The van der Waals surface area contributed by atoms with E-state index in [-0.39, 0.29) is 5.75 Å². The van der Waals surface area contributed by atoms with Gasteiger partial charge in [-0.2, -0.15) is 0 Å². The lowest BCUT2D eigenvalue weighted by Crippen LogP contribution is -2.04. The van der Waals surface area contributed by atoms with E-state index in [2.05, 4.69) is 4.74 Å². The summed E-state index contributed by atoms with van der Waals surface area (Å²) in [5.74, 6) is -0.988. The Morgan fingerprint density at radius 1 is 1.05 bits per heavy atom. The van der Waals surface area contributed by atoms with Gasteiger partial charge in [0.05, 0.1) is 0 Å². The van der Waals surface area contributed by atoms with E-state index in [0.29, 0.717) is 5.56 Å². The lowest BCUT2D eigenvalue weighted by Gasteiger charge is -2.07. The van der Waals surface area contributed by atoms with E-state index in [1.807, 2.05) is 32.0 Å². The molecule has 0 unspecified atom stereocenters. The first kappa shape index (κ1) is 13.1. The van der Waals surface area contributed by atoms with Gasteiger partial charge < -0.3 is 9.84 Å². The molecule has 1 N–H and O–H groups in total. The summed E-state index contributed by atoms with van der Waals surface area (Å²) in [6.07, 6.45) is -1.53. The van der Waals surface area contributed by atoms with Crippen molar-refractivity contribution in [2.45, 2.75) is 13.8 Å². The summed E-state index contributed by atoms with van der Waals surface area (Å²) in [6.45, 7) is 3.99. The molecule has 19 heavy (non-hydrogen) atoms. The molecule has 2 aromatic rings. The summed E-state index contributed by atoms with van der Waals surface area (Å²) in [5.41, 5.74) is 3.83. The predicted molar refractivity (Wildman–Crippen MR) is 70.0 cm³/mol. The van der Waals surface area contributed by atoms with Crippen LogP contribution in [0.4, 0.5) is 9.18 Å². The van der Waals surface area contributed by atoms with E-state index in [9.17, 15) is 9.18 Å². The molecule has 0 atom stereocenters. The maximum absolute atomic E-state index is 13.7. The Bertz CT molecular complexity index is 635. The van der Waals surface area contributed by atoms with Crippen molar-refractivity contribution < 1.29 is 19.0 Å². The Morgan fingerprint density at radius 3 is 2.26 bits per heavy atom. The second-order valence-corrected chi connectivity index (χ2v) is 4.31. The van der Waals surface area contributed by atoms with Crippen molar-refractivity contribution in [2.24, 2.45) is 0 Å². The summed E-state index contributed by atoms with van der Waals surface area (Å²) >= 11 is 0. The third kappa shape index (κ3) is 2.91. The number of rotatable bonds is 2. The molecule has 3 nitrogen and oxygen atoms in total. The third-order valence-electron chi connectivity index (χ3n) is 2.97. The second kappa shape index (κ2) is 5.10. The number of carbonyl (C=O) groups is 1. The molecular weight excluding hydrogens is 247 g/mol. The SMILES string of the molecule is Cc1ccc(-c2ccc(OC(=O)O)c(F)c2)cc1C. The molecule has 0 aliphatic rings. The van der Waals surface area contributed by atoms with Gasteiger partial charge in [-0.05, 0) is 48.2 Å². The maximum atomic E-state index is 13.7. The van der Waals surface area contributed by atoms with Gasteiger partial charge in [-0.1, -0.05) is 24.3 Å². The average molecular weight is 260 g/mol. The Labute approximate surface area is 110 Å². The molecule has 0 aromatic heterocycles. The van der Waals surface area contributed by atoms with E-state index >= 15 is 0 Å². The van der Waals surface area contributed by atoms with E-state index in [4.69, 9.17) is 5.11 Å². The molecule has 0 saturated heterocycles. The van der Waals surface area contributed by atoms with Crippen molar-refractivity contribution in [1.29, 1.82) is 0 Å². The summed E-state index contributed by atoms with van der Waals surface area (Å²) in [5, 5.41) is 8.46. The first-order chi connectivity index (χ1) is 8.97. The summed E-state index contributed by atoms with van der Waals surface area (Å²) in [7, 11) is 0. The van der Waals surface area contributed by atoms with Gasteiger partial charge in [0.25, 0.3) is 0 Å². The van der Waals surface area contributed by atoms with Crippen molar-refractivity contribution >= 4 is 6.16 Å². The van der Waals surface area contributed by atoms with Gasteiger partial charge in [-0.3, -0.25) is 0 Å². The quantitative estimate of drug-likeness (QED) is 0.651. The van der Waals surface area contributed by atoms with Gasteiger partial charge in [-0.25, -0.2) is 9.18 Å². The van der Waals surface area contributed by atoms with E-state index in [0.717, 1.165) is 16.7 Å². The fourth-order valence-electron chi connectivity index (χ4n) is 1.78. The minimum absolute atomic E-state index is 0.292. The average Bonchev–Trinajstić information content (AvgIpc) is 2.35. The lowest BCUT2D eigenvalue weighted by atomic mass is 10.0. The molecule has 4 heteroatoms. The van der Waals surface area contributed by atoms with Gasteiger partial charge in [0.1, 0.15) is 0 Å². The standard InChI is InChI=1S/C15H13FO3/c1-9-3-4-11(7-10(9)2)12-5-6-14(13(16)8-12)19-15(17)18/h3-8H,1-2H3,(H,17,18). The molecule has 98 valence electrons. The molecular formula is C15H13FO3. The highest BCUT2D eigenvalue weighted by Gasteiger charge is 2.09. The van der Waals surface area contributed by atoms with E-state index < -0.39 is 12.0 Å². The second-order valence-electron chi connectivity index (χ2n) is 4.31. The molecule has 0 heterocycles. The Hall–Kier alpha value is -2.36. The highest BCUT2D eigenvalue weighted by atomic mass is 19.1. The molecule has 2 aromatic carbocycles. The molecule has 0 saturated carbocycles. The Morgan fingerprint density at radius 2 is 1.68 bits per heavy atom. The van der Waals surface area contributed by atoms with E-state index in [1.54, 1.807) is 6.07 Å². The van der Waals surface area contributed by atoms with Gasteiger partial charge in [0, 0.05) is 0 Å². The molecule has 0 aliphatic carbocycles. The summed E-state index contributed by atoms with van der Waals surface area (Å²) in [6, 6.07) is 10.0. The zero-order valence-electron chi connectivity index (χ0n) is 10.6. The Kier molecular flexibility index (Phi) is 3.51. The smallest absolute Gasteiger partial charge is 0.449 e. The molecule has 0 radical (unpaired) electrons. The first-order valence-electron chi connectivity index (χ1n) is 5.75. The minimum Gasteiger partial charge on any atom is -0.449 e. The molecule has 0 aliphatic heterocycles. The lowest BCUT2D eigenvalue weighted by molar-refractivity contribution is 0.142. The zero-order chi connectivity index (χ0) is 14.0. The van der Waals surface area contributed by atoms with Crippen LogP contribution in [0.15, 0.2) is 36.4 Å². The van der Waals surface area contributed by atoms with Crippen LogP contribution in [0.25, 0.3) is 11.1 Å². The van der Waals surface area contributed by atoms with Crippen molar-refractivity contribution in [1.82, 2.24) is 0 Å². The maximum Gasteiger partial charge on any atom is 0.511 e. The number of aryl methyl sites for hydroxylation is 2. The normalized spacial score (nSPS) is 10.3. The monoisotopic (exact) mass is 260 g/mol. The van der Waals surface area contributed by atoms with Crippen LogP contribution in [0.1, 0.15) is 11.1 Å². The molecule has 0 fully saturated rings. The molecule has 2 rings (SSSR count). The van der Waals surface area contributed by atoms with Crippen molar-refractivity contribution in [3.05, 3.63) is 53.3 Å². The van der Waals surface area contributed by atoms with Crippen LogP contribution in [0.2, 0.25) is 0 Å². The van der Waals surface area contributed by atoms with E-state index in [1.165, 1.54) is 12.1 Å². The number of ether oxygens (including phenoxy) is 1. The minimum atomic E-state index is -1.53. The topological polar surface area (TPSA) is 46.5 Å². The predicted octanol–water partition coefficient (Wildman–Crippen LogP) is 4.17. The highest BCUT2D eigenvalue weighted by molar-refractivity contribution is 5.67. The third-order valence-corrected chi connectivity index (χ3v) is 2.97. The van der Waals surface area contributed by atoms with Gasteiger partial charge in [0.15, 0.2) is 11.6 Å². The van der Waals surface area contributed by atoms with Crippen molar-refractivity contribution in [3.63, 3.8) is 0 Å². The Balaban J connectivity index is 2.38. The molecule has 0 spiro atoms. The molecule has 0 bridgehead atoms. The zero-order valence-corrected chi connectivity index (χ0v) is 10.6. The van der Waals surface area contributed by atoms with Gasteiger partial charge in [-0.15, -0.1) is 0 Å². The number of hydrogen-bond acceptors (Lipinski definition) is 2. The summed E-state index contributed by atoms with van der Waals surface area (Å²) < 4.78 is 18.0. The van der Waals surface area contributed by atoms with Crippen molar-refractivity contribution in [3.8, 4) is 16.9 Å². The number of carboxylic acid groups (broad SMARTS) is 1. The van der Waals surface area contributed by atoms with Crippen LogP contribution in [-0.2, 0) is 0 Å². The van der Waals surface area contributed by atoms with Crippen LogP contribution in [0.3, 0.4) is 0 Å². The van der Waals surface area contributed by atoms with Crippen LogP contribution in [0, 0.1) is 19.7 Å². The fourth-order valence-corrected chi connectivity index (χ4v) is 1.78. The highest BCUT2D eigenvalue weighted by Crippen LogP contribution is 2.27. The van der Waals surface area contributed by atoms with Crippen molar-refractivity contribution in [2.75, 3.05) is 0 Å². The van der Waals surface area contributed by atoms with Crippen LogP contribution < -0.4 is 4.74 Å². The molecule has 0 amide bonds. The van der Waals surface area contributed by atoms with Crippen LogP contribution in [-0.4, -0.2) is 11.3 Å². The number of halogens is 1. The van der Waals surface area contributed by atoms with Crippen LogP contribution >= 0.6 is 0 Å². The van der Waals surface area contributed by atoms with Gasteiger partial charge >= 0.3 is 6.16 Å². The summed E-state index contributed by atoms with van der Waals surface area (Å²) in [4.78, 5) is 10.4. The van der Waals surface area contributed by atoms with Crippen LogP contribution in [0.5, 0.6) is 5.75 Å². The van der Waals surface area contributed by atoms with Gasteiger partial charge in [0.2, 0.25) is 0 Å². The fraction of sp³-hybridized carbons (Fsp3) is 0.133. The number of hydrogen-bond donors (Lipinski definition) is 1. The largest absolute Gasteiger partial charge is 0.511 e. The number of benzene rings is 2.